The molecule has 1 N–H and O–H groups in total. The van der Waals surface area contributed by atoms with Gasteiger partial charge in [-0.05, 0) is 18.4 Å². The van der Waals surface area contributed by atoms with Crippen molar-refractivity contribution in [2.45, 2.75) is 18.9 Å². The number of hydrogen-bond donors (Lipinski definition) is 1. The summed E-state index contributed by atoms with van der Waals surface area (Å²) in [4.78, 5) is 39.6. The van der Waals surface area contributed by atoms with Gasteiger partial charge in [-0.2, -0.15) is 4.31 Å². The number of aryl methyl sites for hydroxylation is 1. The fourth-order valence-electron chi connectivity index (χ4n) is 3.38. The predicted octanol–water partition coefficient (Wildman–Crippen LogP) is -0.357. The summed E-state index contributed by atoms with van der Waals surface area (Å²) in [7, 11) is -3.28. The third-order valence-corrected chi connectivity index (χ3v) is 6.33. The van der Waals surface area contributed by atoms with Crippen molar-refractivity contribution in [1.82, 2.24) is 19.4 Å². The van der Waals surface area contributed by atoms with Crippen LogP contribution >= 0.6 is 0 Å². The molecule has 2 aliphatic rings. The number of benzene rings is 1. The van der Waals surface area contributed by atoms with Gasteiger partial charge in [-0.3, -0.25) is 14.5 Å². The van der Waals surface area contributed by atoms with Crippen LogP contribution in [0.25, 0.3) is 0 Å². The van der Waals surface area contributed by atoms with Gasteiger partial charge in [0, 0.05) is 26.2 Å². The Morgan fingerprint density at radius 1 is 1.11 bits per heavy atom. The topological polar surface area (TPSA) is 107 Å². The minimum atomic E-state index is -3.28. The van der Waals surface area contributed by atoms with Gasteiger partial charge in [-0.1, -0.05) is 30.3 Å². The van der Waals surface area contributed by atoms with Gasteiger partial charge in [0.15, 0.2) is 0 Å². The SMILES string of the molecule is CS(=O)(=O)N1CCN(C(=O)CN2C(=O)NC(CCc3ccccc3)C2=O)CC1. The molecular formula is C18H24N4O5S. The van der Waals surface area contributed by atoms with Crippen molar-refractivity contribution < 1.29 is 22.8 Å². The van der Waals surface area contributed by atoms with Crippen LogP contribution in [0.3, 0.4) is 0 Å². The van der Waals surface area contributed by atoms with Gasteiger partial charge in [0.1, 0.15) is 12.6 Å². The summed E-state index contributed by atoms with van der Waals surface area (Å²) in [5, 5.41) is 2.64. The molecule has 9 nitrogen and oxygen atoms in total. The van der Waals surface area contributed by atoms with Crippen molar-refractivity contribution >= 4 is 27.9 Å². The molecule has 1 aromatic rings. The summed E-state index contributed by atoms with van der Waals surface area (Å²) in [6, 6.07) is 8.46. The number of rotatable bonds is 6. The molecule has 1 atom stereocenters. The lowest BCUT2D eigenvalue weighted by Crippen LogP contribution is -2.53. The number of amides is 4. The normalized spacial score (nSPS) is 21.1. The first kappa shape index (κ1) is 20.3. The van der Waals surface area contributed by atoms with E-state index in [1.54, 1.807) is 0 Å². The lowest BCUT2D eigenvalue weighted by atomic mass is 10.1. The van der Waals surface area contributed by atoms with Gasteiger partial charge < -0.3 is 10.2 Å². The molecule has 28 heavy (non-hydrogen) atoms. The van der Waals surface area contributed by atoms with Gasteiger partial charge in [-0.25, -0.2) is 13.2 Å². The van der Waals surface area contributed by atoms with Gasteiger partial charge in [0.2, 0.25) is 15.9 Å². The number of urea groups is 1. The Hall–Kier alpha value is -2.46. The molecule has 1 unspecified atom stereocenters. The minimum absolute atomic E-state index is 0.213. The van der Waals surface area contributed by atoms with E-state index in [1.165, 1.54) is 9.21 Å². The Bertz CT molecular complexity index is 850. The van der Waals surface area contributed by atoms with Gasteiger partial charge in [0.25, 0.3) is 5.91 Å². The van der Waals surface area contributed by atoms with Crippen molar-refractivity contribution in [3.63, 3.8) is 0 Å². The van der Waals surface area contributed by atoms with E-state index < -0.39 is 28.0 Å². The molecule has 4 amide bonds. The number of hydrogen-bond acceptors (Lipinski definition) is 5. The van der Waals surface area contributed by atoms with Crippen molar-refractivity contribution in [2.75, 3.05) is 39.0 Å². The average Bonchev–Trinajstić information content (AvgIpc) is 2.94. The number of carbonyl (C=O) groups is 3. The fraction of sp³-hybridized carbons (Fsp3) is 0.500. The number of carbonyl (C=O) groups excluding carboxylic acids is 3. The highest BCUT2D eigenvalue weighted by atomic mass is 32.2. The molecule has 0 bridgehead atoms. The molecule has 0 spiro atoms. The first-order valence-electron chi connectivity index (χ1n) is 9.14. The smallest absolute Gasteiger partial charge is 0.325 e. The third-order valence-electron chi connectivity index (χ3n) is 5.03. The highest BCUT2D eigenvalue weighted by Crippen LogP contribution is 2.14. The largest absolute Gasteiger partial charge is 0.338 e. The van der Waals surface area contributed by atoms with E-state index in [0.29, 0.717) is 12.8 Å². The molecule has 0 aromatic heterocycles. The first-order chi connectivity index (χ1) is 13.3. The van der Waals surface area contributed by atoms with Crippen LogP contribution in [0, 0.1) is 0 Å². The van der Waals surface area contributed by atoms with Crippen molar-refractivity contribution in [3.05, 3.63) is 35.9 Å². The number of piperazine rings is 1. The Balaban J connectivity index is 1.52. The Labute approximate surface area is 164 Å². The molecule has 0 saturated carbocycles. The lowest BCUT2D eigenvalue weighted by molar-refractivity contribution is -0.138. The van der Waals surface area contributed by atoms with Crippen LogP contribution in [0.15, 0.2) is 30.3 Å². The van der Waals surface area contributed by atoms with E-state index in [4.69, 9.17) is 0 Å². The highest BCUT2D eigenvalue weighted by Gasteiger charge is 2.39. The maximum absolute atomic E-state index is 12.5. The molecule has 0 radical (unpaired) electrons. The molecule has 1 aromatic carbocycles. The second kappa shape index (κ2) is 8.27. The summed E-state index contributed by atoms with van der Waals surface area (Å²) in [6.07, 6.45) is 2.24. The minimum Gasteiger partial charge on any atom is -0.338 e. The van der Waals surface area contributed by atoms with E-state index in [2.05, 4.69) is 5.32 Å². The van der Waals surface area contributed by atoms with E-state index in [9.17, 15) is 22.8 Å². The Morgan fingerprint density at radius 2 is 1.75 bits per heavy atom. The number of nitrogens with zero attached hydrogens (tertiary/aromatic N) is 3. The third kappa shape index (κ3) is 4.68. The van der Waals surface area contributed by atoms with Crippen LogP contribution in [0.4, 0.5) is 4.79 Å². The summed E-state index contributed by atoms with van der Waals surface area (Å²) in [5.74, 6) is -0.760. The Morgan fingerprint density at radius 3 is 2.36 bits per heavy atom. The summed E-state index contributed by atoms with van der Waals surface area (Å²) >= 11 is 0. The van der Waals surface area contributed by atoms with Crippen LogP contribution in [-0.2, 0) is 26.0 Å². The van der Waals surface area contributed by atoms with Crippen LogP contribution in [-0.4, -0.2) is 85.4 Å². The zero-order valence-corrected chi connectivity index (χ0v) is 16.5. The van der Waals surface area contributed by atoms with Crippen LogP contribution in [0.2, 0.25) is 0 Å². The molecule has 2 aliphatic heterocycles. The van der Waals surface area contributed by atoms with Crippen LogP contribution in [0.1, 0.15) is 12.0 Å². The number of nitrogens with one attached hydrogen (secondary N) is 1. The first-order valence-corrected chi connectivity index (χ1v) is 11.0. The zero-order valence-electron chi connectivity index (χ0n) is 15.7. The highest BCUT2D eigenvalue weighted by molar-refractivity contribution is 7.88. The molecular weight excluding hydrogens is 384 g/mol. The molecule has 152 valence electrons. The van der Waals surface area contributed by atoms with Crippen molar-refractivity contribution in [2.24, 2.45) is 0 Å². The number of sulfonamides is 1. The standard InChI is InChI=1S/C18H24N4O5S/c1-28(26,27)21-11-9-20(10-12-21)16(23)13-22-17(24)15(19-18(22)25)8-7-14-5-3-2-4-6-14/h2-6,15H,7-13H2,1H3,(H,19,25). The average molecular weight is 408 g/mol. The molecule has 2 heterocycles. The van der Waals surface area contributed by atoms with E-state index >= 15 is 0 Å². The number of imide groups is 1. The summed E-state index contributed by atoms with van der Waals surface area (Å²) in [5.41, 5.74) is 1.07. The second-order valence-corrected chi connectivity index (χ2v) is 8.98. The zero-order chi connectivity index (χ0) is 20.3. The predicted molar refractivity (Wildman–Crippen MR) is 102 cm³/mol. The van der Waals surface area contributed by atoms with Crippen molar-refractivity contribution in [1.29, 1.82) is 0 Å². The second-order valence-electron chi connectivity index (χ2n) is 6.99. The van der Waals surface area contributed by atoms with E-state index in [-0.39, 0.29) is 38.6 Å². The maximum atomic E-state index is 12.5. The summed E-state index contributed by atoms with van der Waals surface area (Å²) < 4.78 is 24.4. The monoisotopic (exact) mass is 408 g/mol. The quantitative estimate of drug-likeness (QED) is 0.647. The molecule has 0 aliphatic carbocycles. The Kier molecular flexibility index (Phi) is 5.99. The molecule has 2 fully saturated rings. The molecule has 3 rings (SSSR count). The van der Waals surface area contributed by atoms with Crippen molar-refractivity contribution in [3.8, 4) is 0 Å². The lowest BCUT2D eigenvalue weighted by Gasteiger charge is -2.33. The van der Waals surface area contributed by atoms with E-state index in [0.717, 1.165) is 16.7 Å². The van der Waals surface area contributed by atoms with Gasteiger partial charge in [0.05, 0.1) is 6.26 Å². The summed E-state index contributed by atoms with van der Waals surface area (Å²) in [6.45, 7) is 0.584. The van der Waals surface area contributed by atoms with Crippen LogP contribution < -0.4 is 5.32 Å². The molecule has 10 heteroatoms. The fourth-order valence-corrected chi connectivity index (χ4v) is 4.21. The maximum Gasteiger partial charge on any atom is 0.325 e. The van der Waals surface area contributed by atoms with Gasteiger partial charge in [-0.15, -0.1) is 0 Å². The molecule has 2 saturated heterocycles. The van der Waals surface area contributed by atoms with E-state index in [1.807, 2.05) is 30.3 Å². The van der Waals surface area contributed by atoms with Crippen LogP contribution in [0.5, 0.6) is 0 Å². The van der Waals surface area contributed by atoms with Gasteiger partial charge >= 0.3 is 6.03 Å².